The molecule has 3 nitrogen and oxygen atoms in total. The quantitative estimate of drug-likeness (QED) is 0.400. The van der Waals surface area contributed by atoms with Crippen LogP contribution in [0.1, 0.15) is 50.1 Å². The molecule has 0 aliphatic heterocycles. The Kier molecular flexibility index (Phi) is 6.02. The zero-order valence-corrected chi connectivity index (χ0v) is 18.1. The van der Waals surface area contributed by atoms with E-state index in [9.17, 15) is 0 Å². The van der Waals surface area contributed by atoms with Crippen LogP contribution in [-0.2, 0) is 5.75 Å². The highest BCUT2D eigenvalue weighted by atomic mass is 79.9. The second-order valence-corrected chi connectivity index (χ2v) is 9.38. The number of benzene rings is 1. The van der Waals surface area contributed by atoms with Gasteiger partial charge in [-0.15, -0.1) is 21.5 Å². The number of hydrogen-bond donors (Lipinski definition) is 0. The molecule has 0 amide bonds. The van der Waals surface area contributed by atoms with Gasteiger partial charge in [-0.1, -0.05) is 53.7 Å². The van der Waals surface area contributed by atoms with Crippen molar-refractivity contribution in [1.29, 1.82) is 0 Å². The molecule has 0 atom stereocenters. The smallest absolute Gasteiger partial charge is 0.192 e. The van der Waals surface area contributed by atoms with Gasteiger partial charge < -0.3 is 0 Å². The molecule has 25 heavy (non-hydrogen) atoms. The maximum atomic E-state index is 4.50. The van der Waals surface area contributed by atoms with Crippen molar-refractivity contribution in [1.82, 2.24) is 14.8 Å². The molecule has 0 spiro atoms. The van der Waals surface area contributed by atoms with Gasteiger partial charge in [0.05, 0.1) is 0 Å². The van der Waals surface area contributed by atoms with E-state index in [2.05, 4.69) is 94.1 Å². The van der Waals surface area contributed by atoms with Crippen molar-refractivity contribution in [3.8, 4) is 11.4 Å². The van der Waals surface area contributed by atoms with Gasteiger partial charge in [-0.25, -0.2) is 0 Å². The molecular formula is C19H22BrN3S2. The molecule has 3 rings (SSSR count). The van der Waals surface area contributed by atoms with Crippen molar-refractivity contribution in [3.63, 3.8) is 0 Å². The zero-order chi connectivity index (χ0) is 18.0. The van der Waals surface area contributed by atoms with Gasteiger partial charge in [0.15, 0.2) is 11.0 Å². The molecule has 132 valence electrons. The Balaban J connectivity index is 1.85. The molecule has 0 aliphatic carbocycles. The lowest BCUT2D eigenvalue weighted by Crippen LogP contribution is -2.04. The van der Waals surface area contributed by atoms with Crippen molar-refractivity contribution in [2.45, 2.75) is 50.6 Å². The third-order valence-corrected chi connectivity index (χ3v) is 6.69. The second kappa shape index (κ2) is 8.06. The maximum Gasteiger partial charge on any atom is 0.192 e. The summed E-state index contributed by atoms with van der Waals surface area (Å²) in [4.78, 5) is 1.39. The van der Waals surface area contributed by atoms with E-state index < -0.39 is 0 Å². The average molecular weight is 436 g/mol. The lowest BCUT2D eigenvalue weighted by Gasteiger charge is -2.13. The minimum absolute atomic E-state index is 0.319. The molecule has 0 saturated heterocycles. The molecule has 6 heteroatoms. The number of hydrogen-bond acceptors (Lipinski definition) is 4. The summed E-state index contributed by atoms with van der Waals surface area (Å²) in [6.45, 7) is 8.82. The molecular weight excluding hydrogens is 414 g/mol. The summed E-state index contributed by atoms with van der Waals surface area (Å²) in [6.07, 6.45) is 0. The van der Waals surface area contributed by atoms with Crippen LogP contribution in [0.2, 0.25) is 0 Å². The van der Waals surface area contributed by atoms with Gasteiger partial charge in [-0.05, 0) is 43.5 Å². The summed E-state index contributed by atoms with van der Waals surface area (Å²) >= 11 is 7.02. The predicted octanol–water partition coefficient (Wildman–Crippen LogP) is 6.77. The van der Waals surface area contributed by atoms with Gasteiger partial charge in [0.1, 0.15) is 0 Å². The normalized spacial score (nSPS) is 11.6. The van der Waals surface area contributed by atoms with Gasteiger partial charge >= 0.3 is 0 Å². The monoisotopic (exact) mass is 435 g/mol. The van der Waals surface area contributed by atoms with E-state index in [0.29, 0.717) is 12.0 Å². The lowest BCUT2D eigenvalue weighted by molar-refractivity contribution is 0.555. The zero-order valence-electron chi connectivity index (χ0n) is 14.9. The SMILES string of the molecule is CC(C)c1cc(-c2nnc(SCc3ccc(Br)cc3)n2C(C)C)cs1. The highest BCUT2D eigenvalue weighted by Crippen LogP contribution is 2.33. The fourth-order valence-corrected chi connectivity index (χ4v) is 4.73. The molecule has 2 aromatic heterocycles. The van der Waals surface area contributed by atoms with Gasteiger partial charge in [-0.2, -0.15) is 0 Å². The van der Waals surface area contributed by atoms with Crippen molar-refractivity contribution in [2.24, 2.45) is 0 Å². The third kappa shape index (κ3) is 4.36. The van der Waals surface area contributed by atoms with Crippen molar-refractivity contribution < 1.29 is 0 Å². The first kappa shape index (κ1) is 18.7. The predicted molar refractivity (Wildman–Crippen MR) is 112 cm³/mol. The van der Waals surface area contributed by atoms with Crippen LogP contribution in [0.15, 0.2) is 45.3 Å². The highest BCUT2D eigenvalue weighted by Gasteiger charge is 2.18. The van der Waals surface area contributed by atoms with Gasteiger partial charge in [0.25, 0.3) is 0 Å². The van der Waals surface area contributed by atoms with Crippen LogP contribution in [0.25, 0.3) is 11.4 Å². The fraction of sp³-hybridized carbons (Fsp3) is 0.368. The van der Waals surface area contributed by atoms with Crippen molar-refractivity contribution in [2.75, 3.05) is 0 Å². The molecule has 0 fully saturated rings. The number of thioether (sulfide) groups is 1. The van der Waals surface area contributed by atoms with E-state index in [1.165, 1.54) is 16.0 Å². The molecule has 2 heterocycles. The molecule has 0 aliphatic rings. The summed E-state index contributed by atoms with van der Waals surface area (Å²) < 4.78 is 3.35. The van der Waals surface area contributed by atoms with Crippen LogP contribution in [0.3, 0.4) is 0 Å². The lowest BCUT2D eigenvalue weighted by atomic mass is 10.1. The molecule has 0 saturated carbocycles. The van der Waals surface area contributed by atoms with Crippen LogP contribution in [0.4, 0.5) is 0 Å². The first-order chi connectivity index (χ1) is 12.0. The first-order valence-electron chi connectivity index (χ1n) is 8.36. The van der Waals surface area contributed by atoms with Crippen molar-refractivity contribution >= 4 is 39.0 Å². The second-order valence-electron chi connectivity index (χ2n) is 6.58. The Labute approximate surface area is 166 Å². The Morgan fingerprint density at radius 1 is 1.12 bits per heavy atom. The average Bonchev–Trinajstić information content (AvgIpc) is 3.21. The number of thiophene rings is 1. The van der Waals surface area contributed by atoms with Gasteiger partial charge in [-0.3, -0.25) is 4.57 Å². The van der Waals surface area contributed by atoms with Gasteiger partial charge in [0.2, 0.25) is 0 Å². The van der Waals surface area contributed by atoms with E-state index in [-0.39, 0.29) is 0 Å². The summed E-state index contributed by atoms with van der Waals surface area (Å²) in [5, 5.41) is 12.1. The largest absolute Gasteiger partial charge is 0.299 e. The molecule has 0 N–H and O–H groups in total. The molecule has 1 aromatic carbocycles. The van der Waals surface area contributed by atoms with Crippen LogP contribution < -0.4 is 0 Å². The topological polar surface area (TPSA) is 30.7 Å². The Bertz CT molecular complexity index is 835. The van der Waals surface area contributed by atoms with E-state index in [0.717, 1.165) is 21.2 Å². The minimum atomic E-state index is 0.319. The number of nitrogens with zero attached hydrogens (tertiary/aromatic N) is 3. The molecule has 0 bridgehead atoms. The number of aromatic nitrogens is 3. The van der Waals surface area contributed by atoms with Gasteiger partial charge in [0, 0.05) is 32.1 Å². The van der Waals surface area contributed by atoms with Crippen LogP contribution in [0, 0.1) is 0 Å². The van der Waals surface area contributed by atoms with Crippen LogP contribution >= 0.6 is 39.0 Å². The van der Waals surface area contributed by atoms with E-state index in [1.807, 2.05) is 0 Å². The Morgan fingerprint density at radius 2 is 1.84 bits per heavy atom. The molecule has 3 aromatic rings. The number of halogens is 1. The summed E-state index contributed by atoms with van der Waals surface area (Å²) in [7, 11) is 0. The molecule has 0 radical (unpaired) electrons. The minimum Gasteiger partial charge on any atom is -0.299 e. The first-order valence-corrected chi connectivity index (χ1v) is 11.0. The summed E-state index contributed by atoms with van der Waals surface area (Å²) in [5.74, 6) is 2.40. The van der Waals surface area contributed by atoms with E-state index in [4.69, 9.17) is 0 Å². The maximum absolute atomic E-state index is 4.50. The Morgan fingerprint density at radius 3 is 2.44 bits per heavy atom. The van der Waals surface area contributed by atoms with Crippen molar-refractivity contribution in [3.05, 3.63) is 50.6 Å². The summed E-state index contributed by atoms with van der Waals surface area (Å²) in [5.41, 5.74) is 2.45. The van der Waals surface area contributed by atoms with Crippen LogP contribution in [-0.4, -0.2) is 14.8 Å². The fourth-order valence-electron chi connectivity index (χ4n) is 2.54. The number of rotatable bonds is 6. The summed E-state index contributed by atoms with van der Waals surface area (Å²) in [6, 6.07) is 11.0. The standard InChI is InChI=1S/C19H22BrN3S2/c1-12(2)17-9-15(11-24-17)18-21-22-19(23(18)13(3)4)25-10-14-5-7-16(20)8-6-14/h5-9,11-13H,10H2,1-4H3. The Hall–Kier alpha value is -1.11. The van der Waals surface area contributed by atoms with E-state index in [1.54, 1.807) is 23.1 Å². The highest BCUT2D eigenvalue weighted by molar-refractivity contribution is 9.10. The van der Waals surface area contributed by atoms with E-state index >= 15 is 0 Å². The molecule has 0 unspecified atom stereocenters. The van der Waals surface area contributed by atoms with Crippen LogP contribution in [0.5, 0.6) is 0 Å². The third-order valence-electron chi connectivity index (χ3n) is 3.91.